The van der Waals surface area contributed by atoms with Gasteiger partial charge in [-0.3, -0.25) is 4.99 Å². The van der Waals surface area contributed by atoms with Crippen LogP contribution in [-0.4, -0.2) is 64.9 Å². The zero-order valence-corrected chi connectivity index (χ0v) is 16.9. The lowest BCUT2D eigenvalue weighted by Crippen LogP contribution is -2.40. The highest BCUT2D eigenvalue weighted by molar-refractivity contribution is 7.90. The minimum absolute atomic E-state index is 0.357. The van der Waals surface area contributed by atoms with Crippen molar-refractivity contribution < 1.29 is 13.2 Å². The molecule has 1 aliphatic rings. The van der Waals surface area contributed by atoms with Gasteiger partial charge in [0.05, 0.1) is 11.5 Å². The van der Waals surface area contributed by atoms with E-state index in [1.54, 1.807) is 12.1 Å². The first-order valence-corrected chi connectivity index (χ1v) is 11.2. The summed E-state index contributed by atoms with van der Waals surface area (Å²) in [5, 5.41) is 3.37. The molecule has 26 heavy (non-hydrogen) atoms. The summed E-state index contributed by atoms with van der Waals surface area (Å²) in [5.74, 6) is 1.53. The van der Waals surface area contributed by atoms with E-state index in [2.05, 4.69) is 17.1 Å². The summed E-state index contributed by atoms with van der Waals surface area (Å²) in [6, 6.07) is 7.07. The van der Waals surface area contributed by atoms with Gasteiger partial charge in [-0.15, -0.1) is 0 Å². The predicted octanol–water partition coefficient (Wildman–Crippen LogP) is 1.96. The fraction of sp³-hybridized carbons (Fsp3) is 0.632. The third-order valence-corrected chi connectivity index (χ3v) is 5.62. The fourth-order valence-electron chi connectivity index (χ4n) is 3.07. The van der Waals surface area contributed by atoms with Gasteiger partial charge in [0.2, 0.25) is 0 Å². The molecule has 0 aromatic heterocycles. The first-order chi connectivity index (χ1) is 12.4. The van der Waals surface area contributed by atoms with Gasteiger partial charge < -0.3 is 15.0 Å². The molecule has 1 fully saturated rings. The van der Waals surface area contributed by atoms with Gasteiger partial charge in [0.25, 0.3) is 0 Å². The Labute approximate surface area is 157 Å². The SMILES string of the molecule is CCNC(=NCCc1ccc(S(C)(=O)=O)cc1)N1CCC(COCC)C1. The molecular formula is C19H31N3O3S. The van der Waals surface area contributed by atoms with Crippen molar-refractivity contribution in [3.05, 3.63) is 29.8 Å². The van der Waals surface area contributed by atoms with Crippen molar-refractivity contribution in [3.8, 4) is 0 Å². The second-order valence-electron chi connectivity index (χ2n) is 6.66. The number of nitrogens with one attached hydrogen (secondary N) is 1. The summed E-state index contributed by atoms with van der Waals surface area (Å²) in [5.41, 5.74) is 1.09. The maximum absolute atomic E-state index is 11.5. The molecule has 0 radical (unpaired) electrons. The van der Waals surface area contributed by atoms with E-state index in [0.29, 0.717) is 17.4 Å². The van der Waals surface area contributed by atoms with E-state index in [9.17, 15) is 8.42 Å². The van der Waals surface area contributed by atoms with E-state index in [0.717, 1.165) is 57.2 Å². The predicted molar refractivity (Wildman–Crippen MR) is 105 cm³/mol. The number of aliphatic imine (C=N–C) groups is 1. The third kappa shape index (κ3) is 6.29. The van der Waals surface area contributed by atoms with Crippen LogP contribution >= 0.6 is 0 Å². The van der Waals surface area contributed by atoms with Crippen molar-refractivity contribution in [3.63, 3.8) is 0 Å². The lowest BCUT2D eigenvalue weighted by molar-refractivity contribution is 0.114. The Hall–Kier alpha value is -1.60. The van der Waals surface area contributed by atoms with E-state index >= 15 is 0 Å². The Morgan fingerprint density at radius 2 is 2.04 bits per heavy atom. The van der Waals surface area contributed by atoms with Gasteiger partial charge in [0, 0.05) is 45.0 Å². The molecule has 2 rings (SSSR count). The molecule has 146 valence electrons. The minimum atomic E-state index is -3.14. The van der Waals surface area contributed by atoms with Crippen molar-refractivity contribution in [2.75, 3.05) is 45.6 Å². The summed E-state index contributed by atoms with van der Waals surface area (Å²) in [6.07, 6.45) is 3.15. The van der Waals surface area contributed by atoms with Crippen LogP contribution in [-0.2, 0) is 21.0 Å². The van der Waals surface area contributed by atoms with Crippen LogP contribution in [0.4, 0.5) is 0 Å². The van der Waals surface area contributed by atoms with Gasteiger partial charge in [0.15, 0.2) is 15.8 Å². The molecule has 7 heteroatoms. The first-order valence-electron chi connectivity index (χ1n) is 9.34. The summed E-state index contributed by atoms with van der Waals surface area (Å²) < 4.78 is 28.6. The molecule has 0 amide bonds. The molecule has 1 aromatic carbocycles. The number of nitrogens with zero attached hydrogens (tertiary/aromatic N) is 2. The van der Waals surface area contributed by atoms with Crippen molar-refractivity contribution >= 4 is 15.8 Å². The minimum Gasteiger partial charge on any atom is -0.381 e. The summed E-state index contributed by atoms with van der Waals surface area (Å²) in [4.78, 5) is 7.41. The van der Waals surface area contributed by atoms with Crippen molar-refractivity contribution in [2.24, 2.45) is 10.9 Å². The summed E-state index contributed by atoms with van der Waals surface area (Å²) >= 11 is 0. The van der Waals surface area contributed by atoms with E-state index in [-0.39, 0.29) is 0 Å². The second-order valence-corrected chi connectivity index (χ2v) is 8.68. The number of hydrogen-bond donors (Lipinski definition) is 1. The smallest absolute Gasteiger partial charge is 0.193 e. The van der Waals surface area contributed by atoms with E-state index < -0.39 is 9.84 Å². The molecule has 1 aliphatic heterocycles. The maximum Gasteiger partial charge on any atom is 0.193 e. The largest absolute Gasteiger partial charge is 0.381 e. The highest BCUT2D eigenvalue weighted by Gasteiger charge is 2.24. The molecule has 1 heterocycles. The molecule has 1 atom stereocenters. The molecular weight excluding hydrogens is 350 g/mol. The summed E-state index contributed by atoms with van der Waals surface area (Å²) in [7, 11) is -3.14. The topological polar surface area (TPSA) is 71.0 Å². The van der Waals surface area contributed by atoms with Crippen molar-refractivity contribution in [1.29, 1.82) is 0 Å². The number of guanidine groups is 1. The van der Waals surface area contributed by atoms with Crippen molar-refractivity contribution in [2.45, 2.75) is 31.6 Å². The molecule has 1 unspecified atom stereocenters. The average molecular weight is 382 g/mol. The highest BCUT2D eigenvalue weighted by atomic mass is 32.2. The van der Waals surface area contributed by atoms with Gasteiger partial charge >= 0.3 is 0 Å². The Bertz CT molecular complexity index is 686. The molecule has 1 N–H and O–H groups in total. The zero-order chi connectivity index (χ0) is 19.0. The fourth-order valence-corrected chi connectivity index (χ4v) is 3.70. The van der Waals surface area contributed by atoms with Crippen LogP contribution in [0.15, 0.2) is 34.2 Å². The van der Waals surface area contributed by atoms with E-state index in [4.69, 9.17) is 9.73 Å². The zero-order valence-electron chi connectivity index (χ0n) is 16.1. The molecule has 1 saturated heterocycles. The second kappa shape index (κ2) is 9.92. The number of ether oxygens (including phenoxy) is 1. The van der Waals surface area contributed by atoms with Crippen molar-refractivity contribution in [1.82, 2.24) is 10.2 Å². The van der Waals surface area contributed by atoms with Crippen LogP contribution in [0.2, 0.25) is 0 Å². The van der Waals surface area contributed by atoms with E-state index in [1.807, 2.05) is 19.1 Å². The van der Waals surface area contributed by atoms with Crippen LogP contribution in [0.5, 0.6) is 0 Å². The van der Waals surface area contributed by atoms with Crippen LogP contribution in [0.1, 0.15) is 25.8 Å². The third-order valence-electron chi connectivity index (χ3n) is 4.49. The molecule has 0 aliphatic carbocycles. The van der Waals surface area contributed by atoms with Gasteiger partial charge in [-0.25, -0.2) is 8.42 Å². The summed E-state index contributed by atoms with van der Waals surface area (Å²) in [6.45, 7) is 9.19. The number of sulfone groups is 1. The molecule has 0 spiro atoms. The van der Waals surface area contributed by atoms with Crippen LogP contribution in [0, 0.1) is 5.92 Å². The molecule has 6 nitrogen and oxygen atoms in total. The molecule has 0 saturated carbocycles. The highest BCUT2D eigenvalue weighted by Crippen LogP contribution is 2.17. The van der Waals surface area contributed by atoms with Gasteiger partial charge in [0.1, 0.15) is 0 Å². The Kier molecular flexibility index (Phi) is 7.90. The van der Waals surface area contributed by atoms with Crippen LogP contribution in [0.25, 0.3) is 0 Å². The van der Waals surface area contributed by atoms with E-state index in [1.165, 1.54) is 6.26 Å². The Morgan fingerprint density at radius 3 is 2.65 bits per heavy atom. The Morgan fingerprint density at radius 1 is 1.31 bits per heavy atom. The molecule has 0 bridgehead atoms. The normalized spacial score (nSPS) is 18.3. The number of benzene rings is 1. The standard InChI is InChI=1S/C19H31N3O3S/c1-4-20-19(22-13-11-17(14-22)15-25-5-2)21-12-10-16-6-8-18(9-7-16)26(3,23)24/h6-9,17H,4-5,10-15H2,1-3H3,(H,20,21). The number of hydrogen-bond acceptors (Lipinski definition) is 4. The molecule has 1 aromatic rings. The average Bonchev–Trinajstić information content (AvgIpc) is 3.07. The Balaban J connectivity index is 1.91. The lowest BCUT2D eigenvalue weighted by atomic mass is 10.1. The number of likely N-dealkylation sites (tertiary alicyclic amines) is 1. The lowest BCUT2D eigenvalue weighted by Gasteiger charge is -2.21. The van der Waals surface area contributed by atoms with Gasteiger partial charge in [-0.1, -0.05) is 12.1 Å². The quantitative estimate of drug-likeness (QED) is 0.551. The van der Waals surface area contributed by atoms with Crippen LogP contribution in [0.3, 0.4) is 0 Å². The van der Waals surface area contributed by atoms with Gasteiger partial charge in [-0.2, -0.15) is 0 Å². The number of rotatable bonds is 8. The van der Waals surface area contributed by atoms with Gasteiger partial charge in [-0.05, 0) is 44.4 Å². The maximum atomic E-state index is 11.5. The monoisotopic (exact) mass is 381 g/mol. The first kappa shape index (κ1) is 20.7. The van der Waals surface area contributed by atoms with Crippen LogP contribution < -0.4 is 5.32 Å².